The number of nitrogens with zero attached hydrogens (tertiary/aromatic N) is 1. The lowest BCUT2D eigenvalue weighted by Gasteiger charge is -2.23. The van der Waals surface area contributed by atoms with Gasteiger partial charge >= 0.3 is 5.97 Å². The van der Waals surface area contributed by atoms with E-state index in [-0.39, 0.29) is 17.3 Å². The lowest BCUT2D eigenvalue weighted by atomic mass is 10.1. The van der Waals surface area contributed by atoms with E-state index in [2.05, 4.69) is 11.9 Å². The fraction of sp³-hybridized carbons (Fsp3) is 0.375. The second-order valence-electron chi connectivity index (χ2n) is 5.25. The first-order valence-electron chi connectivity index (χ1n) is 7.26. The Bertz CT molecular complexity index is 725. The molecule has 6 heteroatoms. The molecule has 2 heterocycles. The van der Waals surface area contributed by atoms with E-state index in [9.17, 15) is 9.59 Å². The Kier molecular flexibility index (Phi) is 4.11. The molecule has 0 bridgehead atoms. The molecule has 1 N–H and O–H groups in total. The minimum atomic E-state index is -0.351. The molecule has 1 aromatic heterocycles. The van der Waals surface area contributed by atoms with Crippen LogP contribution in [0.15, 0.2) is 24.4 Å². The molecular weight excluding hydrogens is 300 g/mol. The molecule has 22 heavy (non-hydrogen) atoms. The van der Waals surface area contributed by atoms with Gasteiger partial charge in [-0.05, 0) is 18.6 Å². The standard InChI is InChI=1S/C16H18N2O3S/c1-3-6-18-14(19)9-22-15(18)12-8-17-13-7-10(16(20)21-2)4-5-11(12)13/h4-5,7-8,15,17H,3,6,9H2,1-2H3. The molecule has 1 aromatic carbocycles. The molecule has 1 amide bonds. The third-order valence-electron chi connectivity index (χ3n) is 3.83. The number of ether oxygens (including phenoxy) is 1. The average Bonchev–Trinajstić information content (AvgIpc) is 3.10. The summed E-state index contributed by atoms with van der Waals surface area (Å²) in [7, 11) is 1.37. The molecule has 1 aliphatic heterocycles. The number of thioether (sulfide) groups is 1. The van der Waals surface area contributed by atoms with Crippen molar-refractivity contribution in [1.82, 2.24) is 9.88 Å². The van der Waals surface area contributed by atoms with Crippen LogP contribution in [-0.4, -0.2) is 41.2 Å². The number of carbonyl (C=O) groups excluding carboxylic acids is 2. The molecule has 5 nitrogen and oxygen atoms in total. The number of nitrogens with one attached hydrogen (secondary N) is 1. The van der Waals surface area contributed by atoms with Crippen LogP contribution >= 0.6 is 11.8 Å². The van der Waals surface area contributed by atoms with Gasteiger partial charge in [-0.2, -0.15) is 0 Å². The molecule has 1 saturated heterocycles. The van der Waals surface area contributed by atoms with Crippen molar-refractivity contribution in [2.24, 2.45) is 0 Å². The summed E-state index contributed by atoms with van der Waals surface area (Å²) < 4.78 is 4.75. The number of benzene rings is 1. The van der Waals surface area contributed by atoms with Gasteiger partial charge in [-0.1, -0.05) is 13.0 Å². The Morgan fingerprint density at radius 1 is 1.50 bits per heavy atom. The number of esters is 1. The largest absolute Gasteiger partial charge is 0.465 e. The van der Waals surface area contributed by atoms with Gasteiger partial charge in [0.2, 0.25) is 5.91 Å². The van der Waals surface area contributed by atoms with E-state index >= 15 is 0 Å². The van der Waals surface area contributed by atoms with E-state index in [1.54, 1.807) is 23.9 Å². The number of rotatable bonds is 4. The number of amides is 1. The molecule has 0 radical (unpaired) electrons. The number of hydrogen-bond donors (Lipinski definition) is 1. The quantitative estimate of drug-likeness (QED) is 0.881. The summed E-state index contributed by atoms with van der Waals surface area (Å²) in [6.07, 6.45) is 2.88. The Balaban J connectivity index is 1.98. The number of methoxy groups -OCH3 is 1. The summed E-state index contributed by atoms with van der Waals surface area (Å²) >= 11 is 1.65. The second kappa shape index (κ2) is 6.04. The predicted octanol–water partition coefficient (Wildman–Crippen LogP) is 2.94. The number of aromatic nitrogens is 1. The molecular formula is C16H18N2O3S. The normalized spacial score (nSPS) is 18.2. The number of hydrogen-bond acceptors (Lipinski definition) is 4. The van der Waals surface area contributed by atoms with Crippen molar-refractivity contribution < 1.29 is 14.3 Å². The van der Waals surface area contributed by atoms with Crippen molar-refractivity contribution in [2.75, 3.05) is 19.4 Å². The van der Waals surface area contributed by atoms with Crippen LogP contribution in [-0.2, 0) is 9.53 Å². The van der Waals surface area contributed by atoms with Crippen molar-refractivity contribution in [1.29, 1.82) is 0 Å². The number of fused-ring (bicyclic) bond motifs is 1. The molecule has 1 atom stereocenters. The molecule has 0 aliphatic carbocycles. The summed E-state index contributed by atoms with van der Waals surface area (Å²) in [6.45, 7) is 2.84. The van der Waals surface area contributed by atoms with Crippen molar-refractivity contribution in [3.05, 3.63) is 35.5 Å². The summed E-state index contributed by atoms with van der Waals surface area (Å²) in [6, 6.07) is 5.47. The topological polar surface area (TPSA) is 62.4 Å². The van der Waals surface area contributed by atoms with E-state index in [0.29, 0.717) is 11.3 Å². The lowest BCUT2D eigenvalue weighted by molar-refractivity contribution is -0.128. The van der Waals surface area contributed by atoms with Crippen LogP contribution in [0.1, 0.15) is 34.6 Å². The van der Waals surface area contributed by atoms with Crippen LogP contribution in [0.25, 0.3) is 10.9 Å². The van der Waals surface area contributed by atoms with Crippen molar-refractivity contribution in [3.63, 3.8) is 0 Å². The SMILES string of the molecule is CCCN1C(=O)CSC1c1c[nH]c2cc(C(=O)OC)ccc12. The maximum atomic E-state index is 12.0. The Morgan fingerprint density at radius 2 is 2.32 bits per heavy atom. The molecule has 1 aliphatic rings. The zero-order valence-electron chi connectivity index (χ0n) is 12.6. The van der Waals surface area contributed by atoms with Crippen LogP contribution in [0.4, 0.5) is 0 Å². The fourth-order valence-corrected chi connectivity index (χ4v) is 4.04. The number of H-pyrrole nitrogens is 1. The Morgan fingerprint density at radius 3 is 3.05 bits per heavy atom. The maximum Gasteiger partial charge on any atom is 0.337 e. The van der Waals surface area contributed by atoms with Gasteiger partial charge in [-0.15, -0.1) is 11.8 Å². The van der Waals surface area contributed by atoms with Gasteiger partial charge < -0.3 is 14.6 Å². The van der Waals surface area contributed by atoms with Gasteiger partial charge in [0, 0.05) is 29.2 Å². The monoisotopic (exact) mass is 318 g/mol. The van der Waals surface area contributed by atoms with Gasteiger partial charge in [-0.25, -0.2) is 4.79 Å². The average molecular weight is 318 g/mol. The highest BCUT2D eigenvalue weighted by Crippen LogP contribution is 2.41. The fourth-order valence-electron chi connectivity index (χ4n) is 2.79. The van der Waals surface area contributed by atoms with Crippen LogP contribution in [0.2, 0.25) is 0 Å². The lowest BCUT2D eigenvalue weighted by Crippen LogP contribution is -2.28. The molecule has 0 saturated carbocycles. The number of carbonyl (C=O) groups is 2. The van der Waals surface area contributed by atoms with E-state index in [1.807, 2.05) is 17.2 Å². The molecule has 116 valence electrons. The highest BCUT2D eigenvalue weighted by molar-refractivity contribution is 8.00. The third kappa shape index (κ3) is 2.47. The van der Waals surface area contributed by atoms with Crippen molar-refractivity contribution in [2.45, 2.75) is 18.7 Å². The van der Waals surface area contributed by atoms with Crippen LogP contribution < -0.4 is 0 Å². The van der Waals surface area contributed by atoms with E-state index < -0.39 is 0 Å². The highest BCUT2D eigenvalue weighted by Gasteiger charge is 2.33. The van der Waals surface area contributed by atoms with Gasteiger partial charge in [0.25, 0.3) is 0 Å². The summed E-state index contributed by atoms with van der Waals surface area (Å²) in [5.41, 5.74) is 2.49. The Labute approximate surface area is 133 Å². The molecule has 1 unspecified atom stereocenters. The Hall–Kier alpha value is -1.95. The summed E-state index contributed by atoms with van der Waals surface area (Å²) in [4.78, 5) is 28.8. The molecule has 0 spiro atoms. The highest BCUT2D eigenvalue weighted by atomic mass is 32.2. The van der Waals surface area contributed by atoms with Crippen LogP contribution in [0.5, 0.6) is 0 Å². The minimum Gasteiger partial charge on any atom is -0.465 e. The van der Waals surface area contributed by atoms with Gasteiger partial charge in [0.05, 0.1) is 18.4 Å². The van der Waals surface area contributed by atoms with Crippen LogP contribution in [0, 0.1) is 0 Å². The van der Waals surface area contributed by atoms with Crippen molar-refractivity contribution in [3.8, 4) is 0 Å². The van der Waals surface area contributed by atoms with E-state index in [4.69, 9.17) is 4.74 Å². The van der Waals surface area contributed by atoms with Crippen LogP contribution in [0.3, 0.4) is 0 Å². The first-order chi connectivity index (χ1) is 10.7. The summed E-state index contributed by atoms with van der Waals surface area (Å²) in [5.74, 6) is 0.367. The summed E-state index contributed by atoms with van der Waals surface area (Å²) in [5, 5.41) is 1.09. The molecule has 3 rings (SSSR count). The van der Waals surface area contributed by atoms with E-state index in [1.165, 1.54) is 7.11 Å². The minimum absolute atomic E-state index is 0.0465. The number of aromatic amines is 1. The molecule has 1 fully saturated rings. The smallest absolute Gasteiger partial charge is 0.337 e. The molecule has 2 aromatic rings. The van der Waals surface area contributed by atoms with Crippen molar-refractivity contribution >= 4 is 34.5 Å². The van der Waals surface area contributed by atoms with Gasteiger partial charge in [-0.3, -0.25) is 4.79 Å². The first-order valence-corrected chi connectivity index (χ1v) is 8.31. The zero-order chi connectivity index (χ0) is 15.7. The van der Waals surface area contributed by atoms with Gasteiger partial charge in [0.1, 0.15) is 5.37 Å². The first kappa shape index (κ1) is 15.0. The predicted molar refractivity (Wildman–Crippen MR) is 86.8 cm³/mol. The van der Waals surface area contributed by atoms with Gasteiger partial charge in [0.15, 0.2) is 0 Å². The second-order valence-corrected chi connectivity index (χ2v) is 6.31. The maximum absolute atomic E-state index is 12.0. The van der Waals surface area contributed by atoms with E-state index in [0.717, 1.165) is 29.4 Å². The zero-order valence-corrected chi connectivity index (χ0v) is 13.4. The third-order valence-corrected chi connectivity index (χ3v) is 5.07.